The number of alkyl halides is 1. The smallest absolute Gasteiger partial charge is 0.170 e. The van der Waals surface area contributed by atoms with Crippen LogP contribution in [0.2, 0.25) is 0 Å². The first kappa shape index (κ1) is 13.1. The van der Waals surface area contributed by atoms with Crippen molar-refractivity contribution >= 4 is 22.6 Å². The van der Waals surface area contributed by atoms with Crippen LogP contribution in [0.3, 0.4) is 0 Å². The van der Waals surface area contributed by atoms with Gasteiger partial charge < -0.3 is 4.57 Å². The standard InChI is InChI=1S/C14H16ClN5/c1-10-3-4-12-11(7-10)17-14(5-6-15)20(12)8-13-16-9-19(2)18-13/h3-4,7,9H,5-6,8H2,1-2H3. The average molecular weight is 290 g/mol. The minimum absolute atomic E-state index is 0.554. The van der Waals surface area contributed by atoms with Crippen LogP contribution in [0.15, 0.2) is 24.5 Å². The van der Waals surface area contributed by atoms with Crippen molar-refractivity contribution in [3.63, 3.8) is 0 Å². The molecule has 0 N–H and O–H groups in total. The van der Waals surface area contributed by atoms with Gasteiger partial charge in [-0.1, -0.05) is 6.07 Å². The van der Waals surface area contributed by atoms with E-state index in [1.54, 1.807) is 11.0 Å². The number of hydrogen-bond donors (Lipinski definition) is 0. The molecule has 0 amide bonds. The summed E-state index contributed by atoms with van der Waals surface area (Å²) in [6.45, 7) is 2.69. The quantitative estimate of drug-likeness (QED) is 0.693. The Hall–Kier alpha value is -1.88. The van der Waals surface area contributed by atoms with Crippen LogP contribution in [0.5, 0.6) is 0 Å². The van der Waals surface area contributed by atoms with Crippen molar-refractivity contribution in [2.75, 3.05) is 5.88 Å². The van der Waals surface area contributed by atoms with Gasteiger partial charge in [-0.05, 0) is 24.6 Å². The van der Waals surface area contributed by atoms with Crippen molar-refractivity contribution in [3.8, 4) is 0 Å². The highest BCUT2D eigenvalue weighted by molar-refractivity contribution is 6.17. The van der Waals surface area contributed by atoms with Gasteiger partial charge >= 0.3 is 0 Å². The minimum Gasteiger partial charge on any atom is -0.320 e. The molecule has 104 valence electrons. The summed E-state index contributed by atoms with van der Waals surface area (Å²) in [5.74, 6) is 2.31. The van der Waals surface area contributed by atoms with E-state index in [0.717, 1.165) is 29.1 Å². The lowest BCUT2D eigenvalue weighted by Crippen LogP contribution is -2.07. The van der Waals surface area contributed by atoms with Crippen LogP contribution < -0.4 is 0 Å². The number of halogens is 1. The zero-order valence-electron chi connectivity index (χ0n) is 11.5. The van der Waals surface area contributed by atoms with E-state index in [2.05, 4.69) is 44.8 Å². The van der Waals surface area contributed by atoms with Gasteiger partial charge in [-0.3, -0.25) is 4.68 Å². The maximum Gasteiger partial charge on any atom is 0.170 e. The van der Waals surface area contributed by atoms with E-state index >= 15 is 0 Å². The van der Waals surface area contributed by atoms with Crippen LogP contribution in [0.4, 0.5) is 0 Å². The largest absolute Gasteiger partial charge is 0.320 e. The first-order valence-corrected chi connectivity index (χ1v) is 7.07. The number of benzene rings is 1. The van der Waals surface area contributed by atoms with E-state index in [9.17, 15) is 0 Å². The number of aromatic nitrogens is 5. The van der Waals surface area contributed by atoms with Crippen LogP contribution in [0.25, 0.3) is 11.0 Å². The highest BCUT2D eigenvalue weighted by Gasteiger charge is 2.12. The molecule has 1 aromatic carbocycles. The van der Waals surface area contributed by atoms with Crippen LogP contribution >= 0.6 is 11.6 Å². The molecule has 0 aliphatic rings. The summed E-state index contributed by atoms with van der Waals surface area (Å²) in [6, 6.07) is 6.28. The second kappa shape index (κ2) is 5.25. The third-order valence-electron chi connectivity index (χ3n) is 3.25. The second-order valence-corrected chi connectivity index (χ2v) is 5.26. The molecule has 5 nitrogen and oxygen atoms in total. The first-order chi connectivity index (χ1) is 9.67. The molecule has 0 aliphatic heterocycles. The summed E-state index contributed by atoms with van der Waals surface area (Å²) in [4.78, 5) is 8.97. The van der Waals surface area contributed by atoms with Crippen molar-refractivity contribution in [2.45, 2.75) is 19.9 Å². The van der Waals surface area contributed by atoms with E-state index in [1.807, 2.05) is 7.05 Å². The lowest BCUT2D eigenvalue weighted by molar-refractivity contribution is 0.688. The summed E-state index contributed by atoms with van der Waals surface area (Å²) >= 11 is 5.89. The molecule has 2 aromatic heterocycles. The molecule has 0 saturated heterocycles. The van der Waals surface area contributed by atoms with Gasteiger partial charge in [0.1, 0.15) is 12.2 Å². The average Bonchev–Trinajstić information content (AvgIpc) is 2.95. The Morgan fingerprint density at radius 3 is 2.85 bits per heavy atom. The van der Waals surface area contributed by atoms with Crippen molar-refractivity contribution in [1.82, 2.24) is 24.3 Å². The van der Waals surface area contributed by atoms with Crippen LogP contribution in [-0.2, 0) is 20.0 Å². The molecule has 0 atom stereocenters. The van der Waals surface area contributed by atoms with Gasteiger partial charge in [0.15, 0.2) is 5.82 Å². The zero-order valence-corrected chi connectivity index (χ0v) is 12.3. The van der Waals surface area contributed by atoms with Crippen molar-refractivity contribution in [2.24, 2.45) is 7.05 Å². The Bertz CT molecular complexity index is 743. The SMILES string of the molecule is Cc1ccc2c(c1)nc(CCCl)n2Cc1ncn(C)n1. The highest BCUT2D eigenvalue weighted by atomic mass is 35.5. The number of rotatable bonds is 4. The van der Waals surface area contributed by atoms with Crippen molar-refractivity contribution in [3.05, 3.63) is 41.7 Å². The topological polar surface area (TPSA) is 48.5 Å². The lowest BCUT2D eigenvalue weighted by atomic mass is 10.2. The van der Waals surface area contributed by atoms with E-state index in [4.69, 9.17) is 11.6 Å². The molecule has 0 bridgehead atoms. The Morgan fingerprint density at radius 1 is 1.30 bits per heavy atom. The molecule has 2 heterocycles. The van der Waals surface area contributed by atoms with Gasteiger partial charge in [0.05, 0.1) is 17.6 Å². The molecule has 20 heavy (non-hydrogen) atoms. The summed E-state index contributed by atoms with van der Waals surface area (Å²) < 4.78 is 3.85. The van der Waals surface area contributed by atoms with E-state index < -0.39 is 0 Å². The second-order valence-electron chi connectivity index (χ2n) is 4.88. The molecular weight excluding hydrogens is 274 g/mol. The van der Waals surface area contributed by atoms with E-state index in [-0.39, 0.29) is 0 Å². The van der Waals surface area contributed by atoms with Gasteiger partial charge in [-0.2, -0.15) is 5.10 Å². The van der Waals surface area contributed by atoms with E-state index in [1.165, 1.54) is 5.56 Å². The van der Waals surface area contributed by atoms with Gasteiger partial charge in [-0.15, -0.1) is 11.6 Å². The van der Waals surface area contributed by atoms with Gasteiger partial charge in [0.2, 0.25) is 0 Å². The molecule has 3 rings (SSSR count). The maximum absolute atomic E-state index is 5.89. The molecule has 0 unspecified atom stereocenters. The molecule has 0 fully saturated rings. The highest BCUT2D eigenvalue weighted by Crippen LogP contribution is 2.19. The molecule has 6 heteroatoms. The van der Waals surface area contributed by atoms with Crippen LogP contribution in [0, 0.1) is 6.92 Å². The predicted molar refractivity (Wildman–Crippen MR) is 79.0 cm³/mol. The van der Waals surface area contributed by atoms with Gasteiger partial charge in [-0.25, -0.2) is 9.97 Å². The van der Waals surface area contributed by atoms with Gasteiger partial charge in [0, 0.05) is 19.3 Å². The summed E-state index contributed by atoms with van der Waals surface area (Å²) in [5.41, 5.74) is 3.31. The zero-order chi connectivity index (χ0) is 14.1. The predicted octanol–water partition coefficient (Wildman–Crippen LogP) is 2.30. The molecule has 0 aliphatic carbocycles. The number of aryl methyl sites for hydroxylation is 3. The first-order valence-electron chi connectivity index (χ1n) is 6.53. The third kappa shape index (κ3) is 2.41. The minimum atomic E-state index is 0.554. The molecular formula is C14H16ClN5. The number of hydrogen-bond acceptors (Lipinski definition) is 3. The normalized spacial score (nSPS) is 11.3. The molecule has 0 spiro atoms. The Balaban J connectivity index is 2.08. The van der Waals surface area contributed by atoms with E-state index in [0.29, 0.717) is 12.4 Å². The fraction of sp³-hybridized carbons (Fsp3) is 0.357. The Labute approximate surface area is 122 Å². The van der Waals surface area contributed by atoms with Crippen LogP contribution in [-0.4, -0.2) is 30.2 Å². The lowest BCUT2D eigenvalue weighted by Gasteiger charge is -2.05. The Morgan fingerprint density at radius 2 is 2.15 bits per heavy atom. The fourth-order valence-electron chi connectivity index (χ4n) is 2.34. The number of imidazole rings is 1. The van der Waals surface area contributed by atoms with Gasteiger partial charge in [0.25, 0.3) is 0 Å². The summed E-state index contributed by atoms with van der Waals surface area (Å²) in [7, 11) is 1.87. The Kier molecular flexibility index (Phi) is 3.44. The van der Waals surface area contributed by atoms with Crippen molar-refractivity contribution < 1.29 is 0 Å². The summed E-state index contributed by atoms with van der Waals surface area (Å²) in [5, 5.41) is 4.34. The number of fused-ring (bicyclic) bond motifs is 1. The molecule has 3 aromatic rings. The molecule has 0 radical (unpaired) electrons. The van der Waals surface area contributed by atoms with Crippen molar-refractivity contribution in [1.29, 1.82) is 0 Å². The maximum atomic E-state index is 5.89. The summed E-state index contributed by atoms with van der Waals surface area (Å²) in [6.07, 6.45) is 2.45. The van der Waals surface area contributed by atoms with Crippen LogP contribution in [0.1, 0.15) is 17.2 Å². The number of nitrogens with zero attached hydrogens (tertiary/aromatic N) is 5. The third-order valence-corrected chi connectivity index (χ3v) is 3.44. The monoisotopic (exact) mass is 289 g/mol. The fourth-order valence-corrected chi connectivity index (χ4v) is 2.51. The molecule has 0 saturated carbocycles.